The number of methoxy groups -OCH3 is 1. The van der Waals surface area contributed by atoms with Gasteiger partial charge in [-0.1, -0.05) is 19.1 Å². The second kappa shape index (κ2) is 5.08. The Kier molecular flexibility index (Phi) is 3.50. The average Bonchev–Trinajstić information content (AvgIpc) is 2.81. The van der Waals surface area contributed by atoms with Crippen molar-refractivity contribution in [2.24, 2.45) is 5.92 Å². The molecule has 5 heteroatoms. The summed E-state index contributed by atoms with van der Waals surface area (Å²) in [5.74, 6) is -0.465. The Morgan fingerprint density at radius 3 is 2.89 bits per heavy atom. The molecule has 0 amide bonds. The maximum Gasteiger partial charge on any atom is 0.310 e. The molecule has 96 valence electrons. The Morgan fingerprint density at radius 2 is 2.22 bits per heavy atom. The first-order chi connectivity index (χ1) is 8.61. The molecule has 18 heavy (non-hydrogen) atoms. The van der Waals surface area contributed by atoms with Crippen LogP contribution >= 0.6 is 0 Å². The largest absolute Gasteiger partial charge is 0.469 e. The normalized spacial score (nSPS) is 12.4. The minimum atomic E-state index is -0.238. The minimum absolute atomic E-state index is 0.227. The Bertz CT molecular complexity index is 517. The predicted molar refractivity (Wildman–Crippen MR) is 68.5 cm³/mol. The van der Waals surface area contributed by atoms with Crippen LogP contribution in [-0.4, -0.2) is 31.7 Å². The summed E-state index contributed by atoms with van der Waals surface area (Å²) in [4.78, 5) is 17.5. The van der Waals surface area contributed by atoms with Gasteiger partial charge in [0.05, 0.1) is 13.0 Å². The second-order valence-electron chi connectivity index (χ2n) is 4.27. The highest BCUT2D eigenvalue weighted by molar-refractivity contribution is 5.75. The zero-order chi connectivity index (χ0) is 13.1. The van der Waals surface area contributed by atoms with E-state index >= 15 is 0 Å². The molecule has 2 rings (SSSR count). The number of para-hydroxylation sites is 2. The van der Waals surface area contributed by atoms with Gasteiger partial charge in [0.1, 0.15) is 5.52 Å². The smallest absolute Gasteiger partial charge is 0.310 e. The van der Waals surface area contributed by atoms with Crippen LogP contribution in [0.15, 0.2) is 28.7 Å². The third kappa shape index (κ3) is 2.45. The van der Waals surface area contributed by atoms with Gasteiger partial charge in [0.2, 0.25) is 0 Å². The van der Waals surface area contributed by atoms with Gasteiger partial charge in [-0.2, -0.15) is 4.98 Å². The molecule has 0 fully saturated rings. The first-order valence-electron chi connectivity index (χ1n) is 5.76. The van der Waals surface area contributed by atoms with E-state index in [1.54, 1.807) is 0 Å². The predicted octanol–water partition coefficient (Wildman–Crippen LogP) is 2.07. The molecule has 0 radical (unpaired) electrons. The van der Waals surface area contributed by atoms with E-state index in [2.05, 4.69) is 4.98 Å². The topological polar surface area (TPSA) is 55.6 Å². The number of hydrogen-bond donors (Lipinski definition) is 0. The molecule has 5 nitrogen and oxygen atoms in total. The van der Waals surface area contributed by atoms with E-state index in [9.17, 15) is 4.79 Å². The Morgan fingerprint density at radius 1 is 1.50 bits per heavy atom. The molecule has 0 N–H and O–H groups in total. The summed E-state index contributed by atoms with van der Waals surface area (Å²) in [7, 11) is 3.22. The average molecular weight is 248 g/mol. The number of esters is 1. The fourth-order valence-corrected chi connectivity index (χ4v) is 1.79. The van der Waals surface area contributed by atoms with E-state index in [4.69, 9.17) is 9.15 Å². The van der Waals surface area contributed by atoms with E-state index in [0.29, 0.717) is 12.6 Å². The molecule has 0 bridgehead atoms. The number of fused-ring (bicyclic) bond motifs is 1. The standard InChI is InChI=1S/C13H16N2O3/c1-9(12(16)17-3)8-15(2)13-14-10-6-4-5-7-11(10)18-13/h4-7,9H,8H2,1-3H3. The molecule has 1 atom stereocenters. The molecule has 2 aromatic rings. The first kappa shape index (κ1) is 12.4. The molecule has 0 aliphatic rings. The quantitative estimate of drug-likeness (QED) is 0.775. The lowest BCUT2D eigenvalue weighted by molar-refractivity contribution is -0.144. The number of carbonyl (C=O) groups is 1. The summed E-state index contributed by atoms with van der Waals surface area (Å²) < 4.78 is 10.3. The van der Waals surface area contributed by atoms with Gasteiger partial charge in [-0.25, -0.2) is 0 Å². The molecule has 1 aromatic heterocycles. The summed E-state index contributed by atoms with van der Waals surface area (Å²) in [5, 5.41) is 0. The molecular formula is C13H16N2O3. The van der Waals surface area contributed by atoms with Crippen LogP contribution in [0.2, 0.25) is 0 Å². The van der Waals surface area contributed by atoms with Crippen LogP contribution in [-0.2, 0) is 9.53 Å². The lowest BCUT2D eigenvalue weighted by Crippen LogP contribution is -2.29. The van der Waals surface area contributed by atoms with Gasteiger partial charge in [0.25, 0.3) is 6.01 Å². The van der Waals surface area contributed by atoms with Crippen molar-refractivity contribution >= 4 is 23.1 Å². The second-order valence-corrected chi connectivity index (χ2v) is 4.27. The number of benzene rings is 1. The van der Waals surface area contributed by atoms with Crippen LogP contribution in [0.3, 0.4) is 0 Å². The van der Waals surface area contributed by atoms with Gasteiger partial charge < -0.3 is 14.1 Å². The van der Waals surface area contributed by atoms with Gasteiger partial charge >= 0.3 is 5.97 Å². The van der Waals surface area contributed by atoms with Crippen molar-refractivity contribution in [2.75, 3.05) is 25.6 Å². The molecule has 0 aliphatic heterocycles. The Hall–Kier alpha value is -2.04. The fourth-order valence-electron chi connectivity index (χ4n) is 1.79. The van der Waals surface area contributed by atoms with E-state index < -0.39 is 0 Å². The molecule has 1 aromatic carbocycles. The van der Waals surface area contributed by atoms with Crippen molar-refractivity contribution < 1.29 is 13.9 Å². The highest BCUT2D eigenvalue weighted by Crippen LogP contribution is 2.21. The van der Waals surface area contributed by atoms with Crippen molar-refractivity contribution in [3.63, 3.8) is 0 Å². The van der Waals surface area contributed by atoms with Crippen molar-refractivity contribution in [1.82, 2.24) is 4.98 Å². The molecule has 0 spiro atoms. The molecular weight excluding hydrogens is 232 g/mol. The van der Waals surface area contributed by atoms with E-state index in [-0.39, 0.29) is 11.9 Å². The monoisotopic (exact) mass is 248 g/mol. The van der Waals surface area contributed by atoms with Crippen molar-refractivity contribution in [2.45, 2.75) is 6.92 Å². The van der Waals surface area contributed by atoms with E-state index in [0.717, 1.165) is 11.1 Å². The number of carbonyl (C=O) groups excluding carboxylic acids is 1. The van der Waals surface area contributed by atoms with Crippen LogP contribution < -0.4 is 4.90 Å². The van der Waals surface area contributed by atoms with Crippen molar-refractivity contribution in [3.8, 4) is 0 Å². The lowest BCUT2D eigenvalue weighted by Gasteiger charge is -2.17. The summed E-state index contributed by atoms with van der Waals surface area (Å²) in [5.41, 5.74) is 1.55. The molecule has 0 aliphatic carbocycles. The zero-order valence-corrected chi connectivity index (χ0v) is 10.7. The number of nitrogens with zero attached hydrogens (tertiary/aromatic N) is 2. The van der Waals surface area contributed by atoms with Crippen molar-refractivity contribution in [1.29, 1.82) is 0 Å². The van der Waals surface area contributed by atoms with Gasteiger partial charge in [-0.3, -0.25) is 4.79 Å². The number of rotatable bonds is 4. The Balaban J connectivity index is 2.13. The third-order valence-electron chi connectivity index (χ3n) is 2.76. The number of hydrogen-bond acceptors (Lipinski definition) is 5. The molecule has 0 saturated heterocycles. The maximum absolute atomic E-state index is 11.4. The lowest BCUT2D eigenvalue weighted by atomic mass is 10.2. The van der Waals surface area contributed by atoms with Gasteiger partial charge in [-0.05, 0) is 12.1 Å². The SMILES string of the molecule is COC(=O)C(C)CN(C)c1nc2ccccc2o1. The zero-order valence-electron chi connectivity index (χ0n) is 10.7. The van der Waals surface area contributed by atoms with Crippen LogP contribution in [0.4, 0.5) is 6.01 Å². The van der Waals surface area contributed by atoms with Crippen LogP contribution in [0.25, 0.3) is 11.1 Å². The van der Waals surface area contributed by atoms with Gasteiger partial charge in [0.15, 0.2) is 5.58 Å². The summed E-state index contributed by atoms with van der Waals surface area (Å²) >= 11 is 0. The number of oxazole rings is 1. The van der Waals surface area contributed by atoms with Gasteiger partial charge in [0, 0.05) is 13.6 Å². The van der Waals surface area contributed by atoms with Crippen LogP contribution in [0.5, 0.6) is 0 Å². The fraction of sp³-hybridized carbons (Fsp3) is 0.385. The van der Waals surface area contributed by atoms with E-state index in [1.165, 1.54) is 7.11 Å². The number of aromatic nitrogens is 1. The third-order valence-corrected chi connectivity index (χ3v) is 2.76. The maximum atomic E-state index is 11.4. The van der Waals surface area contributed by atoms with Crippen LogP contribution in [0, 0.1) is 5.92 Å². The van der Waals surface area contributed by atoms with Crippen LogP contribution in [0.1, 0.15) is 6.92 Å². The Labute approximate surface area is 105 Å². The summed E-state index contributed by atoms with van der Waals surface area (Å²) in [6.07, 6.45) is 0. The minimum Gasteiger partial charge on any atom is -0.469 e. The highest BCUT2D eigenvalue weighted by Gasteiger charge is 2.18. The molecule has 0 saturated carbocycles. The summed E-state index contributed by atoms with van der Waals surface area (Å²) in [6.45, 7) is 2.31. The molecule has 1 heterocycles. The number of ether oxygens (including phenoxy) is 1. The van der Waals surface area contributed by atoms with Crippen molar-refractivity contribution in [3.05, 3.63) is 24.3 Å². The highest BCUT2D eigenvalue weighted by atomic mass is 16.5. The summed E-state index contributed by atoms with van der Waals surface area (Å²) in [6, 6.07) is 8.07. The molecule has 1 unspecified atom stereocenters. The first-order valence-corrected chi connectivity index (χ1v) is 5.76. The number of anilines is 1. The van der Waals surface area contributed by atoms with Gasteiger partial charge in [-0.15, -0.1) is 0 Å². The van der Waals surface area contributed by atoms with E-state index in [1.807, 2.05) is 43.1 Å².